The van der Waals surface area contributed by atoms with Crippen LogP contribution in [0, 0.1) is 5.82 Å². The van der Waals surface area contributed by atoms with Gasteiger partial charge in [-0.3, -0.25) is 4.79 Å². The number of hydrogen-bond acceptors (Lipinski definition) is 5. The highest BCUT2D eigenvalue weighted by Crippen LogP contribution is 2.31. The zero-order valence-corrected chi connectivity index (χ0v) is 17.3. The maximum Gasteiger partial charge on any atom is 0.243 e. The van der Waals surface area contributed by atoms with Gasteiger partial charge >= 0.3 is 0 Å². The Hall–Kier alpha value is -2.65. The van der Waals surface area contributed by atoms with Gasteiger partial charge < -0.3 is 14.4 Å². The van der Waals surface area contributed by atoms with E-state index in [1.165, 1.54) is 21.3 Å². The number of halogens is 1. The van der Waals surface area contributed by atoms with Crippen LogP contribution in [0.4, 0.5) is 4.39 Å². The third kappa shape index (κ3) is 3.99. The van der Waals surface area contributed by atoms with Gasteiger partial charge in [0.15, 0.2) is 17.6 Å². The maximum absolute atomic E-state index is 13.2. The molecule has 9 heteroatoms. The van der Waals surface area contributed by atoms with Gasteiger partial charge in [0.1, 0.15) is 18.5 Å². The number of ether oxygens (including phenoxy) is 2. The first-order valence-corrected chi connectivity index (χ1v) is 11.2. The van der Waals surface area contributed by atoms with E-state index in [0.29, 0.717) is 30.9 Å². The minimum atomic E-state index is -3.89. The van der Waals surface area contributed by atoms with Crippen molar-refractivity contribution in [1.29, 1.82) is 0 Å². The Morgan fingerprint density at radius 3 is 2.60 bits per heavy atom. The SMILES string of the molecule is CN(C[C@@H]1COc2ccccc2O1)C(=O)[C@@H]1CCCN1S(=O)(=O)c1ccc(F)cc1. The molecule has 0 aromatic heterocycles. The molecule has 0 bridgehead atoms. The summed E-state index contributed by atoms with van der Waals surface area (Å²) in [4.78, 5) is 14.5. The third-order valence-electron chi connectivity index (χ3n) is 5.33. The molecule has 0 aliphatic carbocycles. The molecule has 0 unspecified atom stereocenters. The molecule has 2 aliphatic heterocycles. The summed E-state index contributed by atoms with van der Waals surface area (Å²) in [5.74, 6) is 0.478. The van der Waals surface area contributed by atoms with Crippen LogP contribution in [-0.2, 0) is 14.8 Å². The van der Waals surface area contributed by atoms with Gasteiger partial charge in [0.2, 0.25) is 15.9 Å². The lowest BCUT2D eigenvalue weighted by molar-refractivity contribution is -0.134. The van der Waals surface area contributed by atoms with E-state index in [0.717, 1.165) is 12.1 Å². The van der Waals surface area contributed by atoms with Gasteiger partial charge in [-0.2, -0.15) is 4.31 Å². The van der Waals surface area contributed by atoms with Gasteiger partial charge in [0, 0.05) is 13.6 Å². The summed E-state index contributed by atoms with van der Waals surface area (Å²) >= 11 is 0. The number of amides is 1. The van der Waals surface area contributed by atoms with Crippen LogP contribution in [0.15, 0.2) is 53.4 Å². The fourth-order valence-electron chi connectivity index (χ4n) is 3.82. The molecule has 7 nitrogen and oxygen atoms in total. The quantitative estimate of drug-likeness (QED) is 0.722. The number of benzene rings is 2. The Labute approximate surface area is 175 Å². The molecule has 4 rings (SSSR count). The van der Waals surface area contributed by atoms with Crippen molar-refractivity contribution < 1.29 is 27.1 Å². The van der Waals surface area contributed by atoms with Crippen molar-refractivity contribution in [3.63, 3.8) is 0 Å². The van der Waals surface area contributed by atoms with E-state index in [-0.39, 0.29) is 30.0 Å². The molecule has 0 saturated carbocycles. The minimum Gasteiger partial charge on any atom is -0.486 e. The second-order valence-corrected chi connectivity index (χ2v) is 9.33. The van der Waals surface area contributed by atoms with E-state index < -0.39 is 21.9 Å². The van der Waals surface area contributed by atoms with Crippen LogP contribution in [-0.4, -0.2) is 62.4 Å². The number of nitrogens with zero attached hydrogens (tertiary/aromatic N) is 2. The van der Waals surface area contributed by atoms with Crippen molar-refractivity contribution in [2.75, 3.05) is 26.7 Å². The van der Waals surface area contributed by atoms with Crippen molar-refractivity contribution in [1.82, 2.24) is 9.21 Å². The molecule has 0 N–H and O–H groups in total. The van der Waals surface area contributed by atoms with Crippen LogP contribution in [0.1, 0.15) is 12.8 Å². The summed E-state index contributed by atoms with van der Waals surface area (Å²) in [7, 11) is -2.26. The average Bonchev–Trinajstić information content (AvgIpc) is 3.24. The van der Waals surface area contributed by atoms with Crippen molar-refractivity contribution >= 4 is 15.9 Å². The van der Waals surface area contributed by atoms with Crippen molar-refractivity contribution in [2.24, 2.45) is 0 Å². The van der Waals surface area contributed by atoms with Crippen LogP contribution in [0.25, 0.3) is 0 Å². The van der Waals surface area contributed by atoms with Gasteiger partial charge in [-0.15, -0.1) is 0 Å². The van der Waals surface area contributed by atoms with Crippen LogP contribution in [0.5, 0.6) is 11.5 Å². The normalized spacial score (nSPS) is 21.4. The van der Waals surface area contributed by atoms with Crippen LogP contribution < -0.4 is 9.47 Å². The first kappa shape index (κ1) is 20.6. The van der Waals surface area contributed by atoms with Crippen LogP contribution in [0.2, 0.25) is 0 Å². The highest BCUT2D eigenvalue weighted by molar-refractivity contribution is 7.89. The smallest absolute Gasteiger partial charge is 0.243 e. The molecule has 1 amide bonds. The molecule has 2 aromatic carbocycles. The fourth-order valence-corrected chi connectivity index (χ4v) is 5.47. The molecule has 2 aliphatic rings. The lowest BCUT2D eigenvalue weighted by Gasteiger charge is -2.32. The van der Waals surface area contributed by atoms with E-state index in [1.807, 2.05) is 18.2 Å². The Balaban J connectivity index is 1.45. The lowest BCUT2D eigenvalue weighted by atomic mass is 10.2. The molecule has 2 heterocycles. The summed E-state index contributed by atoms with van der Waals surface area (Å²) in [6.45, 7) is 0.825. The maximum atomic E-state index is 13.2. The average molecular weight is 434 g/mol. The largest absolute Gasteiger partial charge is 0.486 e. The van der Waals surface area contributed by atoms with E-state index in [2.05, 4.69) is 0 Å². The number of para-hydroxylation sites is 2. The summed E-state index contributed by atoms with van der Waals surface area (Å²) in [6, 6.07) is 11.2. The van der Waals surface area contributed by atoms with E-state index in [1.54, 1.807) is 13.1 Å². The monoisotopic (exact) mass is 434 g/mol. The summed E-state index contributed by atoms with van der Waals surface area (Å²) < 4.78 is 52.0. The molecule has 1 fully saturated rings. The highest BCUT2D eigenvalue weighted by atomic mass is 32.2. The lowest BCUT2D eigenvalue weighted by Crippen LogP contribution is -2.49. The Morgan fingerprint density at radius 1 is 1.17 bits per heavy atom. The Morgan fingerprint density at radius 2 is 1.87 bits per heavy atom. The Kier molecular flexibility index (Phi) is 5.66. The van der Waals surface area contributed by atoms with Crippen molar-refractivity contribution in [2.45, 2.75) is 29.9 Å². The van der Waals surface area contributed by atoms with E-state index in [4.69, 9.17) is 9.47 Å². The van der Waals surface area contributed by atoms with Gasteiger partial charge in [-0.25, -0.2) is 12.8 Å². The predicted molar refractivity (Wildman–Crippen MR) is 107 cm³/mol. The number of fused-ring (bicyclic) bond motifs is 1. The Bertz CT molecular complexity index is 1030. The molecule has 2 atom stereocenters. The molecule has 0 radical (unpaired) electrons. The predicted octanol–water partition coefficient (Wildman–Crippen LogP) is 2.28. The molecular weight excluding hydrogens is 411 g/mol. The molecule has 0 spiro atoms. The van der Waals surface area contributed by atoms with E-state index >= 15 is 0 Å². The topological polar surface area (TPSA) is 76.2 Å². The number of sulfonamides is 1. The summed E-state index contributed by atoms with van der Waals surface area (Å²) in [5, 5.41) is 0. The van der Waals surface area contributed by atoms with Gasteiger partial charge in [-0.05, 0) is 49.2 Å². The van der Waals surface area contributed by atoms with Crippen LogP contribution in [0.3, 0.4) is 0 Å². The second-order valence-electron chi connectivity index (χ2n) is 7.44. The van der Waals surface area contributed by atoms with Crippen LogP contribution >= 0.6 is 0 Å². The second kappa shape index (κ2) is 8.23. The third-order valence-corrected chi connectivity index (χ3v) is 7.25. The van der Waals surface area contributed by atoms with E-state index in [9.17, 15) is 17.6 Å². The number of hydrogen-bond donors (Lipinski definition) is 0. The zero-order valence-electron chi connectivity index (χ0n) is 16.5. The van der Waals surface area contributed by atoms with Gasteiger partial charge in [-0.1, -0.05) is 12.1 Å². The zero-order chi connectivity index (χ0) is 21.3. The molecule has 2 aromatic rings. The molecule has 1 saturated heterocycles. The van der Waals surface area contributed by atoms with Crippen molar-refractivity contribution in [3.05, 3.63) is 54.3 Å². The molecule has 160 valence electrons. The highest BCUT2D eigenvalue weighted by Gasteiger charge is 2.41. The standard InChI is InChI=1S/C21H23FN2O5S/c1-23(13-16-14-28-19-6-2-3-7-20(19)29-16)21(25)18-5-4-12-24(18)30(26,27)17-10-8-15(22)9-11-17/h2-3,6-11,16,18H,4-5,12-14H2,1H3/t16-,18+/m1/s1. The van der Waals surface area contributed by atoms with Gasteiger partial charge in [0.25, 0.3) is 0 Å². The summed E-state index contributed by atoms with van der Waals surface area (Å²) in [5.41, 5.74) is 0. The number of carbonyl (C=O) groups is 1. The number of likely N-dealkylation sites (N-methyl/N-ethyl adjacent to an activating group) is 1. The number of carbonyl (C=O) groups excluding carboxylic acids is 1. The fraction of sp³-hybridized carbons (Fsp3) is 0.381. The number of rotatable bonds is 5. The summed E-state index contributed by atoms with van der Waals surface area (Å²) in [6.07, 6.45) is 0.674. The van der Waals surface area contributed by atoms with Gasteiger partial charge in [0.05, 0.1) is 11.4 Å². The minimum absolute atomic E-state index is 0.0214. The molecular formula is C21H23FN2O5S. The first-order valence-electron chi connectivity index (χ1n) is 9.77. The van der Waals surface area contributed by atoms with Crippen molar-refractivity contribution in [3.8, 4) is 11.5 Å². The molecule has 30 heavy (non-hydrogen) atoms. The first-order chi connectivity index (χ1) is 14.4.